The highest BCUT2D eigenvalue weighted by Crippen LogP contribution is 2.32. The van der Waals surface area contributed by atoms with E-state index in [2.05, 4.69) is 36.1 Å². The van der Waals surface area contributed by atoms with E-state index in [1.165, 1.54) is 11.1 Å². The van der Waals surface area contributed by atoms with Gasteiger partial charge in [-0.1, -0.05) is 29.8 Å². The number of likely N-dealkylation sites (tertiary alicyclic amines) is 1. The van der Waals surface area contributed by atoms with Crippen molar-refractivity contribution in [2.45, 2.75) is 51.9 Å². The van der Waals surface area contributed by atoms with Crippen molar-refractivity contribution < 1.29 is 9.59 Å². The molecule has 2 aliphatic heterocycles. The average Bonchev–Trinajstić information content (AvgIpc) is 2.78. The van der Waals surface area contributed by atoms with Gasteiger partial charge in [0.25, 0.3) is 0 Å². The first-order valence-corrected chi connectivity index (χ1v) is 12.0. The van der Waals surface area contributed by atoms with Crippen molar-refractivity contribution >= 4 is 17.6 Å². The zero-order chi connectivity index (χ0) is 23.5. The van der Waals surface area contributed by atoms with Crippen LogP contribution >= 0.6 is 0 Å². The number of anilines is 1. The Labute approximate surface area is 196 Å². The minimum absolute atomic E-state index is 0.117. The second kappa shape index (κ2) is 10.00. The van der Waals surface area contributed by atoms with E-state index >= 15 is 0 Å². The van der Waals surface area contributed by atoms with Crippen LogP contribution in [0.2, 0.25) is 0 Å². The van der Waals surface area contributed by atoms with Gasteiger partial charge in [-0.15, -0.1) is 0 Å². The number of benzene rings is 1. The van der Waals surface area contributed by atoms with E-state index in [0.29, 0.717) is 25.9 Å². The summed E-state index contributed by atoms with van der Waals surface area (Å²) in [5.41, 5.74) is 4.53. The van der Waals surface area contributed by atoms with Crippen LogP contribution in [-0.4, -0.2) is 71.9 Å². The summed E-state index contributed by atoms with van der Waals surface area (Å²) in [6, 6.07) is 8.45. The Hall–Kier alpha value is -2.80. The summed E-state index contributed by atoms with van der Waals surface area (Å²) in [4.78, 5) is 40.7. The van der Waals surface area contributed by atoms with Gasteiger partial charge in [0.05, 0.1) is 6.54 Å². The van der Waals surface area contributed by atoms with Gasteiger partial charge in [0.1, 0.15) is 11.6 Å². The maximum absolute atomic E-state index is 12.9. The minimum Gasteiger partial charge on any atom is -0.348 e. The molecule has 7 heteroatoms. The maximum Gasteiger partial charge on any atom is 0.236 e. The fourth-order valence-electron chi connectivity index (χ4n) is 4.87. The van der Waals surface area contributed by atoms with E-state index < -0.39 is 0 Å². The summed E-state index contributed by atoms with van der Waals surface area (Å²) in [7, 11) is 3.59. The van der Waals surface area contributed by atoms with Crippen molar-refractivity contribution in [1.82, 2.24) is 19.8 Å². The molecular weight excluding hydrogens is 414 g/mol. The molecule has 4 rings (SSSR count). The summed E-state index contributed by atoms with van der Waals surface area (Å²) in [6.45, 7) is 6.87. The van der Waals surface area contributed by atoms with Crippen molar-refractivity contribution in [3.05, 3.63) is 52.5 Å². The first-order chi connectivity index (χ1) is 15.8. The fourth-order valence-corrected chi connectivity index (χ4v) is 4.87. The molecule has 7 nitrogen and oxygen atoms in total. The van der Waals surface area contributed by atoms with E-state index in [9.17, 15) is 9.59 Å². The lowest BCUT2D eigenvalue weighted by molar-refractivity contribution is -0.130. The Kier molecular flexibility index (Phi) is 7.08. The predicted molar refractivity (Wildman–Crippen MR) is 129 cm³/mol. The third-order valence-corrected chi connectivity index (χ3v) is 6.79. The van der Waals surface area contributed by atoms with E-state index in [1.807, 2.05) is 11.8 Å². The monoisotopic (exact) mass is 449 g/mol. The van der Waals surface area contributed by atoms with Gasteiger partial charge in [0.2, 0.25) is 11.8 Å². The van der Waals surface area contributed by atoms with Gasteiger partial charge in [-0.05, 0) is 51.6 Å². The maximum atomic E-state index is 12.9. The molecule has 0 saturated carbocycles. The Morgan fingerprint density at radius 1 is 1.18 bits per heavy atom. The molecular formula is C26H35N5O2. The summed E-state index contributed by atoms with van der Waals surface area (Å²) in [5.74, 6) is 2.03. The quantitative estimate of drug-likeness (QED) is 0.678. The molecule has 0 N–H and O–H groups in total. The lowest BCUT2D eigenvalue weighted by Crippen LogP contribution is -2.42. The zero-order valence-corrected chi connectivity index (χ0v) is 20.3. The molecule has 1 aromatic carbocycles. The predicted octanol–water partition coefficient (Wildman–Crippen LogP) is 2.88. The number of rotatable bonds is 6. The van der Waals surface area contributed by atoms with Crippen LogP contribution in [0.15, 0.2) is 24.3 Å². The molecule has 2 amide bonds. The third-order valence-electron chi connectivity index (χ3n) is 6.79. The van der Waals surface area contributed by atoms with Gasteiger partial charge in [-0.2, -0.15) is 0 Å². The molecule has 0 bridgehead atoms. The molecule has 0 radical (unpaired) electrons. The number of hydrogen-bond donors (Lipinski definition) is 0. The van der Waals surface area contributed by atoms with Crippen LogP contribution in [0.1, 0.15) is 53.4 Å². The molecule has 0 spiro atoms. The minimum atomic E-state index is 0.117. The van der Waals surface area contributed by atoms with E-state index in [0.717, 1.165) is 55.3 Å². The number of nitrogens with zero attached hydrogens (tertiary/aromatic N) is 5. The Balaban J connectivity index is 1.55. The Bertz CT molecular complexity index is 1040. The van der Waals surface area contributed by atoms with Gasteiger partial charge in [0.15, 0.2) is 0 Å². The first-order valence-electron chi connectivity index (χ1n) is 12.0. The second-order valence-electron chi connectivity index (χ2n) is 9.62. The second-order valence-corrected chi connectivity index (χ2v) is 9.62. The van der Waals surface area contributed by atoms with Crippen LogP contribution in [0.5, 0.6) is 0 Å². The van der Waals surface area contributed by atoms with Crippen LogP contribution in [0, 0.1) is 13.8 Å². The number of piperidine rings is 1. The molecule has 2 aromatic rings. The lowest BCUT2D eigenvalue weighted by Gasteiger charge is -2.34. The number of hydrogen-bond acceptors (Lipinski definition) is 5. The molecule has 3 heterocycles. The molecule has 1 fully saturated rings. The molecule has 33 heavy (non-hydrogen) atoms. The van der Waals surface area contributed by atoms with Gasteiger partial charge >= 0.3 is 0 Å². The largest absolute Gasteiger partial charge is 0.348 e. The topological polar surface area (TPSA) is 69.6 Å². The number of carbonyl (C=O) groups excluding carboxylic acids is 2. The van der Waals surface area contributed by atoms with E-state index in [4.69, 9.17) is 9.97 Å². The number of aromatic nitrogens is 2. The highest BCUT2D eigenvalue weighted by molar-refractivity contribution is 5.95. The molecule has 0 aliphatic carbocycles. The van der Waals surface area contributed by atoms with Crippen molar-refractivity contribution in [3.63, 3.8) is 0 Å². The molecule has 2 aliphatic rings. The van der Waals surface area contributed by atoms with Crippen molar-refractivity contribution in [3.8, 4) is 0 Å². The summed E-state index contributed by atoms with van der Waals surface area (Å²) in [6.07, 6.45) is 4.03. The molecule has 0 unspecified atom stereocenters. The summed E-state index contributed by atoms with van der Waals surface area (Å²) >= 11 is 0. The van der Waals surface area contributed by atoms with Gasteiger partial charge in [-0.3, -0.25) is 19.4 Å². The van der Waals surface area contributed by atoms with Crippen LogP contribution < -0.4 is 4.90 Å². The van der Waals surface area contributed by atoms with Crippen LogP contribution in [0.25, 0.3) is 0 Å². The normalized spacial score (nSPS) is 18.8. The fraction of sp³-hybridized carbons (Fsp3) is 0.538. The van der Waals surface area contributed by atoms with Gasteiger partial charge in [0, 0.05) is 50.8 Å². The Morgan fingerprint density at radius 2 is 2.00 bits per heavy atom. The van der Waals surface area contributed by atoms with Gasteiger partial charge < -0.3 is 4.90 Å². The molecule has 176 valence electrons. The molecule has 1 atom stereocenters. The Morgan fingerprint density at radius 3 is 2.76 bits per heavy atom. The average molecular weight is 450 g/mol. The SMILES string of the molecule is Cc1cccc(CCN2C(=O)CCc3c(C)nc([C@@H]4CCCN(CC(=O)N(C)C)C4)nc32)c1. The number of carbonyl (C=O) groups is 2. The van der Waals surface area contributed by atoms with E-state index in [1.54, 1.807) is 19.0 Å². The molecule has 1 aromatic heterocycles. The zero-order valence-electron chi connectivity index (χ0n) is 20.3. The lowest BCUT2D eigenvalue weighted by atomic mass is 9.95. The standard InChI is InChI=1S/C26H35N5O2/c1-18-7-5-8-20(15-18)12-14-31-23(32)11-10-22-19(2)27-25(28-26(22)31)21-9-6-13-30(16-21)17-24(33)29(3)4/h5,7-8,15,21H,6,9-14,16-17H2,1-4H3/t21-/m1/s1. The van der Waals surface area contributed by atoms with Gasteiger partial charge in [-0.25, -0.2) is 9.97 Å². The smallest absolute Gasteiger partial charge is 0.236 e. The van der Waals surface area contributed by atoms with E-state index in [-0.39, 0.29) is 17.7 Å². The van der Waals surface area contributed by atoms with Crippen molar-refractivity contribution in [2.24, 2.45) is 0 Å². The number of aryl methyl sites for hydroxylation is 2. The van der Waals surface area contributed by atoms with Crippen LogP contribution in [-0.2, 0) is 22.4 Å². The highest BCUT2D eigenvalue weighted by Gasteiger charge is 2.31. The summed E-state index contributed by atoms with van der Waals surface area (Å²) < 4.78 is 0. The first kappa shape index (κ1) is 23.4. The highest BCUT2D eigenvalue weighted by atomic mass is 16.2. The number of fused-ring (bicyclic) bond motifs is 1. The van der Waals surface area contributed by atoms with Crippen LogP contribution in [0.3, 0.4) is 0 Å². The third kappa shape index (κ3) is 5.41. The van der Waals surface area contributed by atoms with Crippen LogP contribution in [0.4, 0.5) is 5.82 Å². The van der Waals surface area contributed by atoms with Crippen molar-refractivity contribution in [2.75, 3.05) is 45.2 Å². The molecule has 1 saturated heterocycles. The number of likely N-dealkylation sites (N-methyl/N-ethyl adjacent to an activating group) is 1. The number of amides is 2. The summed E-state index contributed by atoms with van der Waals surface area (Å²) in [5, 5.41) is 0. The van der Waals surface area contributed by atoms with Crippen molar-refractivity contribution in [1.29, 1.82) is 0 Å².